The molecular formula is C10H7Br2NOS2. The van der Waals surface area contributed by atoms with E-state index < -0.39 is 0 Å². The number of H-pyrrole nitrogens is 1. The summed E-state index contributed by atoms with van der Waals surface area (Å²) in [5, 5.41) is 2.64. The molecule has 0 aliphatic rings. The topological polar surface area (TPSA) is 32.9 Å². The Hall–Kier alpha value is -0.0400. The molecule has 0 bridgehead atoms. The van der Waals surface area contributed by atoms with Crippen LogP contribution in [0.3, 0.4) is 0 Å². The molecule has 0 fully saturated rings. The zero-order chi connectivity index (χ0) is 11.7. The van der Waals surface area contributed by atoms with Gasteiger partial charge in [0.2, 0.25) is 0 Å². The Morgan fingerprint density at radius 3 is 2.81 bits per heavy atom. The lowest BCUT2D eigenvalue weighted by Gasteiger charge is -1.99. The van der Waals surface area contributed by atoms with E-state index in [2.05, 4.69) is 49.5 Å². The molecule has 0 saturated carbocycles. The fourth-order valence-electron chi connectivity index (χ4n) is 1.65. The van der Waals surface area contributed by atoms with Crippen LogP contribution in [0.4, 0.5) is 0 Å². The van der Waals surface area contributed by atoms with Crippen LogP contribution < -0.4 is 0 Å². The maximum Gasteiger partial charge on any atom is 0.0907 e. The molecule has 2 rings (SSSR count). The summed E-state index contributed by atoms with van der Waals surface area (Å²) in [4.78, 5) is 3.21. The maximum atomic E-state index is 10.6. The van der Waals surface area contributed by atoms with E-state index in [1.54, 1.807) is 5.37 Å². The summed E-state index contributed by atoms with van der Waals surface area (Å²) in [5.41, 5.74) is 2.87. The zero-order valence-corrected chi connectivity index (χ0v) is 12.8. The first-order valence-corrected chi connectivity index (χ1v) is 7.42. The number of nitrogens with one attached hydrogen (secondary N) is 1. The predicted octanol–water partition coefficient (Wildman–Crippen LogP) is 3.49. The summed E-state index contributed by atoms with van der Waals surface area (Å²) in [6.45, 7) is 0. The highest BCUT2D eigenvalue weighted by Crippen LogP contribution is 2.33. The summed E-state index contributed by atoms with van der Waals surface area (Å²) in [5.74, 6) is 0.590. The molecule has 0 aliphatic carbocycles. The molecule has 1 aromatic carbocycles. The van der Waals surface area contributed by atoms with Crippen molar-refractivity contribution >= 4 is 72.0 Å². The third-order valence-corrected chi connectivity index (χ3v) is 4.01. The fraction of sp³-hybridized carbons (Fsp3) is 0.100. The number of aromatic nitrogens is 1. The van der Waals surface area contributed by atoms with E-state index in [4.69, 9.17) is 0 Å². The average molecular weight is 381 g/mol. The first-order valence-electron chi connectivity index (χ1n) is 4.39. The van der Waals surface area contributed by atoms with Crippen molar-refractivity contribution in [3.8, 4) is 0 Å². The number of hydrogen-bond donors (Lipinski definition) is 2. The molecular weight excluding hydrogens is 374 g/mol. The van der Waals surface area contributed by atoms with Crippen LogP contribution in [-0.2, 0) is 17.0 Å². The molecule has 2 nitrogen and oxygen atoms in total. The second kappa shape index (κ2) is 5.08. The molecule has 6 heteroatoms. The second-order valence-corrected chi connectivity index (χ2v) is 5.71. The molecule has 16 heavy (non-hydrogen) atoms. The maximum absolute atomic E-state index is 10.6. The van der Waals surface area contributed by atoms with Crippen molar-refractivity contribution in [2.45, 2.75) is 5.75 Å². The van der Waals surface area contributed by atoms with Gasteiger partial charge in [0.05, 0.1) is 22.3 Å². The van der Waals surface area contributed by atoms with E-state index >= 15 is 0 Å². The monoisotopic (exact) mass is 379 g/mol. The van der Waals surface area contributed by atoms with Crippen LogP contribution in [0.25, 0.3) is 10.9 Å². The van der Waals surface area contributed by atoms with Gasteiger partial charge in [0, 0.05) is 25.6 Å². The Bertz CT molecular complexity index is 602. The number of thiol groups is 1. The summed E-state index contributed by atoms with van der Waals surface area (Å²) >= 11 is 11.7. The first-order chi connectivity index (χ1) is 7.67. The van der Waals surface area contributed by atoms with Crippen molar-refractivity contribution in [2.24, 2.45) is 0 Å². The minimum absolute atomic E-state index is 0.442. The minimum atomic E-state index is 0.442. The van der Waals surface area contributed by atoms with Gasteiger partial charge in [-0.25, -0.2) is 4.21 Å². The van der Waals surface area contributed by atoms with E-state index in [0.29, 0.717) is 17.0 Å². The van der Waals surface area contributed by atoms with Gasteiger partial charge >= 0.3 is 0 Å². The standard InChI is InChI=1S/C10H7Br2NOS2/c11-5-1-7(12)10-6(3-15)9(4-16-14)13-8(10)2-5/h1-2,4,13,15H,3H2. The van der Waals surface area contributed by atoms with Crippen molar-refractivity contribution in [1.82, 2.24) is 4.98 Å². The van der Waals surface area contributed by atoms with Gasteiger partial charge < -0.3 is 4.98 Å². The highest BCUT2D eigenvalue weighted by Gasteiger charge is 2.12. The normalized spacial score (nSPS) is 10.7. The molecule has 84 valence electrons. The fourth-order valence-corrected chi connectivity index (χ4v) is 3.74. The number of fused-ring (bicyclic) bond motifs is 1. The molecule has 0 saturated heterocycles. The Balaban J connectivity index is 2.87. The third kappa shape index (κ3) is 2.16. The van der Waals surface area contributed by atoms with Gasteiger partial charge in [-0.1, -0.05) is 31.9 Å². The van der Waals surface area contributed by atoms with Crippen molar-refractivity contribution in [3.05, 3.63) is 32.3 Å². The van der Waals surface area contributed by atoms with Crippen molar-refractivity contribution in [1.29, 1.82) is 0 Å². The Morgan fingerprint density at radius 1 is 1.44 bits per heavy atom. The lowest BCUT2D eigenvalue weighted by molar-refractivity contribution is 0.701. The number of aromatic amines is 1. The minimum Gasteiger partial charge on any atom is -0.354 e. The van der Waals surface area contributed by atoms with Crippen molar-refractivity contribution < 1.29 is 4.21 Å². The highest BCUT2D eigenvalue weighted by atomic mass is 79.9. The predicted molar refractivity (Wildman–Crippen MR) is 79.7 cm³/mol. The van der Waals surface area contributed by atoms with Crippen molar-refractivity contribution in [3.63, 3.8) is 0 Å². The molecule has 0 spiro atoms. The number of halogens is 2. The van der Waals surface area contributed by atoms with Crippen LogP contribution in [0.1, 0.15) is 11.3 Å². The van der Waals surface area contributed by atoms with E-state index in [9.17, 15) is 4.21 Å². The largest absolute Gasteiger partial charge is 0.354 e. The number of rotatable bonds is 2. The van der Waals surface area contributed by atoms with E-state index in [-0.39, 0.29) is 0 Å². The zero-order valence-electron chi connectivity index (χ0n) is 7.96. The van der Waals surface area contributed by atoms with E-state index in [1.165, 1.54) is 0 Å². The molecule has 0 radical (unpaired) electrons. The van der Waals surface area contributed by atoms with E-state index in [0.717, 1.165) is 31.1 Å². The summed E-state index contributed by atoms with van der Waals surface area (Å²) in [6, 6.07) is 3.97. The van der Waals surface area contributed by atoms with Crippen LogP contribution in [-0.4, -0.2) is 14.6 Å². The Labute approximate surface area is 119 Å². The molecule has 0 amide bonds. The third-order valence-electron chi connectivity index (χ3n) is 2.28. The molecule has 1 heterocycles. The molecule has 2 aromatic rings. The van der Waals surface area contributed by atoms with Gasteiger partial charge in [-0.3, -0.25) is 0 Å². The summed E-state index contributed by atoms with van der Waals surface area (Å²) in [7, 11) is 0. The van der Waals surface area contributed by atoms with Crippen LogP contribution in [0.2, 0.25) is 0 Å². The van der Waals surface area contributed by atoms with Gasteiger partial charge in [0.15, 0.2) is 0 Å². The first kappa shape index (κ1) is 12.4. The van der Waals surface area contributed by atoms with E-state index in [1.807, 2.05) is 12.1 Å². The average Bonchev–Trinajstić information content (AvgIpc) is 2.56. The SMILES string of the molecule is O=S=Cc1[nH]c2cc(Br)cc(Br)c2c1CS. The van der Waals surface area contributed by atoms with Gasteiger partial charge in [-0.15, -0.1) is 0 Å². The lowest BCUT2D eigenvalue weighted by Crippen LogP contribution is -1.86. The Morgan fingerprint density at radius 2 is 2.19 bits per heavy atom. The molecule has 0 aliphatic heterocycles. The number of hydrogen-bond acceptors (Lipinski definition) is 2. The Kier molecular flexibility index (Phi) is 3.94. The highest BCUT2D eigenvalue weighted by molar-refractivity contribution is 9.11. The van der Waals surface area contributed by atoms with Crippen LogP contribution in [0, 0.1) is 0 Å². The van der Waals surface area contributed by atoms with Gasteiger partial charge in [-0.05, 0) is 17.7 Å². The lowest BCUT2D eigenvalue weighted by atomic mass is 10.1. The summed E-state index contributed by atoms with van der Waals surface area (Å²) in [6.07, 6.45) is 0. The quantitative estimate of drug-likeness (QED) is 0.606. The molecule has 1 N–H and O–H groups in total. The van der Waals surface area contributed by atoms with Gasteiger partial charge in [-0.2, -0.15) is 12.6 Å². The second-order valence-electron chi connectivity index (χ2n) is 3.20. The van der Waals surface area contributed by atoms with Gasteiger partial charge in [0.25, 0.3) is 0 Å². The van der Waals surface area contributed by atoms with Crippen LogP contribution in [0.15, 0.2) is 21.1 Å². The number of benzene rings is 1. The molecule has 0 atom stereocenters. The van der Waals surface area contributed by atoms with Crippen molar-refractivity contribution in [2.75, 3.05) is 0 Å². The van der Waals surface area contributed by atoms with Crippen LogP contribution in [0.5, 0.6) is 0 Å². The van der Waals surface area contributed by atoms with Gasteiger partial charge in [0.1, 0.15) is 0 Å². The summed E-state index contributed by atoms with van der Waals surface area (Å²) < 4.78 is 12.6. The molecule has 1 aromatic heterocycles. The smallest absolute Gasteiger partial charge is 0.0907 e. The molecule has 0 unspecified atom stereocenters. The van der Waals surface area contributed by atoms with Crippen LogP contribution >= 0.6 is 44.5 Å².